The van der Waals surface area contributed by atoms with Gasteiger partial charge in [0.25, 0.3) is 0 Å². The van der Waals surface area contributed by atoms with E-state index in [9.17, 15) is 18.0 Å². The molecule has 0 unspecified atom stereocenters. The van der Waals surface area contributed by atoms with Crippen molar-refractivity contribution in [3.8, 4) is 0 Å². The van der Waals surface area contributed by atoms with Gasteiger partial charge in [-0.2, -0.15) is 13.2 Å². The number of hydrogen-bond donors (Lipinski definition) is 0. The molecular formula is C24H24F3N3O5S. The second kappa shape index (κ2) is 10.2. The molecule has 36 heavy (non-hydrogen) atoms. The Hall–Kier alpha value is -3.64. The summed E-state index contributed by atoms with van der Waals surface area (Å²) in [6.45, 7) is 2.18. The van der Waals surface area contributed by atoms with Crippen molar-refractivity contribution < 1.29 is 40.4 Å². The van der Waals surface area contributed by atoms with Gasteiger partial charge in [0.1, 0.15) is 11.0 Å². The highest BCUT2D eigenvalue weighted by molar-refractivity contribution is 7.86. The predicted octanol–water partition coefficient (Wildman–Crippen LogP) is 2.76. The molecule has 0 saturated carbocycles. The van der Waals surface area contributed by atoms with Gasteiger partial charge in [0.05, 0.1) is 12.7 Å². The summed E-state index contributed by atoms with van der Waals surface area (Å²) in [5, 5.41) is 2.25. The molecule has 0 aliphatic carbocycles. The zero-order chi connectivity index (χ0) is 26.8. The third kappa shape index (κ3) is 5.44. The summed E-state index contributed by atoms with van der Waals surface area (Å²) in [5.74, 6) is -0.306. The summed E-state index contributed by atoms with van der Waals surface area (Å²) < 4.78 is 68.1. The number of carbonyl (C=O) groups is 1. The summed E-state index contributed by atoms with van der Waals surface area (Å²) in [4.78, 5) is 14.5. The van der Waals surface area contributed by atoms with Gasteiger partial charge in [-0.3, -0.25) is 0 Å². The number of carbonyl (C=O) groups excluding carboxylic acids is 1. The number of fused-ring (bicyclic) bond motifs is 3. The van der Waals surface area contributed by atoms with Crippen LogP contribution >= 0.6 is 0 Å². The molecule has 0 atom stereocenters. The van der Waals surface area contributed by atoms with Crippen molar-refractivity contribution in [1.29, 1.82) is 0 Å². The van der Waals surface area contributed by atoms with E-state index in [4.69, 9.17) is 17.7 Å². The van der Waals surface area contributed by atoms with E-state index >= 15 is 0 Å². The molecule has 0 aliphatic heterocycles. The highest BCUT2D eigenvalue weighted by Gasteiger charge is 2.37. The Morgan fingerprint density at radius 2 is 1.69 bits per heavy atom. The van der Waals surface area contributed by atoms with Gasteiger partial charge in [0, 0.05) is 30.4 Å². The Kier molecular flexibility index (Phi) is 7.60. The molecule has 2 aromatic carbocycles. The molecule has 0 bridgehead atoms. The number of anilines is 1. The monoisotopic (exact) mass is 523 g/mol. The highest BCUT2D eigenvalue weighted by Crippen LogP contribution is 2.20. The fraction of sp³-hybridized carbons (Fsp3) is 0.250. The molecule has 4 rings (SSSR count). The lowest BCUT2D eigenvalue weighted by Crippen LogP contribution is -2.40. The van der Waals surface area contributed by atoms with Gasteiger partial charge in [-0.25, -0.2) is 13.2 Å². The molecule has 2 heterocycles. The molecular weight excluding hydrogens is 499 g/mol. The summed E-state index contributed by atoms with van der Waals surface area (Å²) in [6, 6.07) is 18.6. The van der Waals surface area contributed by atoms with Crippen molar-refractivity contribution in [2.45, 2.75) is 12.4 Å². The minimum absolute atomic E-state index is 0.306. The number of rotatable bonds is 4. The summed E-state index contributed by atoms with van der Waals surface area (Å²) in [5.41, 5.74) is -0.776. The van der Waals surface area contributed by atoms with Crippen LogP contribution in [0.4, 0.5) is 18.9 Å². The van der Waals surface area contributed by atoms with Crippen molar-refractivity contribution >= 4 is 44.3 Å². The van der Waals surface area contributed by atoms with Crippen LogP contribution in [0.2, 0.25) is 0 Å². The molecule has 2 aromatic heterocycles. The molecule has 0 saturated heterocycles. The zero-order valence-electron chi connectivity index (χ0n) is 19.9. The zero-order valence-corrected chi connectivity index (χ0v) is 20.7. The first-order valence-electron chi connectivity index (χ1n) is 10.7. The number of halogens is 3. The predicted molar refractivity (Wildman–Crippen MR) is 127 cm³/mol. The lowest BCUT2D eigenvalue weighted by Gasteiger charge is -2.11. The van der Waals surface area contributed by atoms with Gasteiger partial charge >= 0.3 is 17.2 Å². The molecule has 0 spiro atoms. The first kappa shape index (κ1) is 27.0. The fourth-order valence-corrected chi connectivity index (χ4v) is 3.64. The largest absolute Gasteiger partial charge is 0.741 e. The Morgan fingerprint density at radius 3 is 2.22 bits per heavy atom. The lowest BCUT2D eigenvalue weighted by atomic mass is 10.1. The number of aromatic nitrogens is 2. The molecule has 12 heteroatoms. The van der Waals surface area contributed by atoms with Gasteiger partial charge in [0.15, 0.2) is 17.2 Å². The van der Waals surface area contributed by atoms with Crippen molar-refractivity contribution in [3.05, 3.63) is 71.1 Å². The van der Waals surface area contributed by atoms with Crippen molar-refractivity contribution in [2.75, 3.05) is 25.6 Å². The smallest absolute Gasteiger partial charge is 0.485 e. The quantitative estimate of drug-likeness (QED) is 0.177. The van der Waals surface area contributed by atoms with Crippen LogP contribution < -0.4 is 14.8 Å². The lowest BCUT2D eigenvalue weighted by molar-refractivity contribution is -0.737. The van der Waals surface area contributed by atoms with Gasteiger partial charge in [-0.05, 0) is 36.8 Å². The molecule has 192 valence electrons. The number of ether oxygens (including phenoxy) is 1. The van der Waals surface area contributed by atoms with E-state index < -0.39 is 15.6 Å². The average Bonchev–Trinajstić information content (AvgIpc) is 3.29. The van der Waals surface area contributed by atoms with Gasteiger partial charge in [-0.15, -0.1) is 4.52 Å². The molecule has 0 radical (unpaired) electrons. The van der Waals surface area contributed by atoms with Crippen molar-refractivity contribution in [2.24, 2.45) is 7.05 Å². The average molecular weight is 524 g/mol. The first-order valence-corrected chi connectivity index (χ1v) is 12.1. The molecule has 0 N–H and O–H groups in total. The normalized spacial score (nSPS) is 12.5. The van der Waals surface area contributed by atoms with Gasteiger partial charge < -0.3 is 14.2 Å². The maximum absolute atomic E-state index is 12.4. The van der Waals surface area contributed by atoms with E-state index in [-0.39, 0.29) is 5.97 Å². The third-order valence-electron chi connectivity index (χ3n) is 5.34. The molecule has 0 aliphatic rings. The van der Waals surface area contributed by atoms with Crippen LogP contribution in [0.5, 0.6) is 0 Å². The standard InChI is InChI=1S/C23H24N3O2.CHF3O3S/c1-5-28-23(27)22-15-21-19(14-16-10-12-17(13-11-16)24(2)3)18-8-6-7-9-20(18)26(21)25(22)4;2-1(3,4)8(5,6)7/h6-15H,5H2,1-4H3;(H,5,6,7)/q+1;/p-1. The maximum atomic E-state index is 12.4. The Bertz CT molecular complexity index is 1560. The third-order valence-corrected chi connectivity index (χ3v) is 5.90. The van der Waals surface area contributed by atoms with E-state index in [1.807, 2.05) is 50.9 Å². The number of para-hydroxylation sites is 1. The fourth-order valence-electron chi connectivity index (χ4n) is 3.64. The SMILES string of the molecule is CCOC(=O)c1cc2/c(=C\c3ccc(N(C)C)cc3)c3ccccc3n2[n+]1C.O=S(=O)([O-])C(F)(F)F. The van der Waals surface area contributed by atoms with Crippen molar-refractivity contribution in [1.82, 2.24) is 4.52 Å². The van der Waals surface area contributed by atoms with E-state index in [1.165, 1.54) is 0 Å². The molecule has 8 nitrogen and oxygen atoms in total. The Balaban J connectivity index is 0.000000392. The molecule has 0 amide bonds. The van der Waals surface area contributed by atoms with E-state index in [0.29, 0.717) is 12.3 Å². The van der Waals surface area contributed by atoms with Crippen molar-refractivity contribution in [3.63, 3.8) is 0 Å². The van der Waals surface area contributed by atoms with Crippen LogP contribution in [-0.4, -0.2) is 49.7 Å². The van der Waals surface area contributed by atoms with E-state index in [0.717, 1.165) is 32.9 Å². The van der Waals surface area contributed by atoms with Gasteiger partial charge in [-0.1, -0.05) is 35.0 Å². The van der Waals surface area contributed by atoms with Crippen LogP contribution in [0, 0.1) is 0 Å². The Morgan fingerprint density at radius 1 is 1.11 bits per heavy atom. The first-order chi connectivity index (χ1) is 16.8. The van der Waals surface area contributed by atoms with Crippen LogP contribution in [0.15, 0.2) is 54.6 Å². The van der Waals surface area contributed by atoms with Crippen LogP contribution in [0.1, 0.15) is 23.0 Å². The summed E-state index contributed by atoms with van der Waals surface area (Å²) in [7, 11) is -0.136. The summed E-state index contributed by atoms with van der Waals surface area (Å²) >= 11 is 0. The number of benzene rings is 2. The van der Waals surface area contributed by atoms with Crippen LogP contribution in [-0.2, 0) is 21.9 Å². The number of aryl methyl sites for hydroxylation is 1. The van der Waals surface area contributed by atoms with Gasteiger partial charge in [0.2, 0.25) is 0 Å². The second-order valence-corrected chi connectivity index (χ2v) is 9.30. The summed E-state index contributed by atoms with van der Waals surface area (Å²) in [6.07, 6.45) is 2.17. The highest BCUT2D eigenvalue weighted by atomic mass is 32.2. The second-order valence-electron chi connectivity index (χ2n) is 7.93. The number of hydrogen-bond acceptors (Lipinski definition) is 6. The topological polar surface area (TPSA) is 95.0 Å². The molecule has 4 aromatic rings. The number of nitrogens with zero attached hydrogens (tertiary/aromatic N) is 3. The number of esters is 1. The maximum Gasteiger partial charge on any atom is 0.485 e. The van der Waals surface area contributed by atoms with E-state index in [2.05, 4.69) is 51.9 Å². The number of alkyl halides is 3. The minimum atomic E-state index is -6.09. The minimum Gasteiger partial charge on any atom is -0.741 e. The van der Waals surface area contributed by atoms with E-state index in [1.54, 1.807) is 0 Å². The molecule has 0 fully saturated rings. The van der Waals surface area contributed by atoms with Crippen LogP contribution in [0.25, 0.3) is 22.5 Å². The van der Waals surface area contributed by atoms with Crippen LogP contribution in [0.3, 0.4) is 0 Å². The Labute approximate surface area is 205 Å².